The van der Waals surface area contributed by atoms with Gasteiger partial charge in [-0.05, 0) is 5.92 Å². The number of nitrogens with two attached hydrogens (primary N) is 1. The van der Waals surface area contributed by atoms with Crippen molar-refractivity contribution in [3.8, 4) is 5.75 Å². The van der Waals surface area contributed by atoms with Crippen molar-refractivity contribution in [3.05, 3.63) is 12.4 Å². The summed E-state index contributed by atoms with van der Waals surface area (Å²) in [4.78, 5) is 6.99. The lowest BCUT2D eigenvalue weighted by molar-refractivity contribution is 0.470. The van der Waals surface area contributed by atoms with Crippen LogP contribution < -0.4 is 5.73 Å². The smallest absolute Gasteiger partial charge is 0.220 e. The quantitative estimate of drug-likeness (QED) is 0.616. The molecule has 1 aromatic heterocycles. The van der Waals surface area contributed by atoms with Crippen molar-refractivity contribution in [2.24, 2.45) is 5.92 Å². The maximum atomic E-state index is 8.58. The molecular weight excluding hydrogens is 154 g/mol. The van der Waals surface area contributed by atoms with Crippen LogP contribution in [-0.4, -0.2) is 15.1 Å². The topological polar surface area (TPSA) is 72.0 Å². The van der Waals surface area contributed by atoms with Crippen molar-refractivity contribution >= 4 is 5.95 Å². The van der Waals surface area contributed by atoms with E-state index < -0.39 is 0 Å². The first-order chi connectivity index (χ1) is 5.52. The lowest BCUT2D eigenvalue weighted by atomic mass is 10.3. The van der Waals surface area contributed by atoms with E-state index in [0.717, 1.165) is 5.92 Å². The van der Waals surface area contributed by atoms with Crippen LogP contribution in [0.1, 0.15) is 20.8 Å². The van der Waals surface area contributed by atoms with Crippen molar-refractivity contribution in [2.45, 2.75) is 20.8 Å². The van der Waals surface area contributed by atoms with Gasteiger partial charge in [-0.3, -0.25) is 0 Å². The van der Waals surface area contributed by atoms with E-state index in [-0.39, 0.29) is 11.7 Å². The minimum atomic E-state index is 0.0270. The van der Waals surface area contributed by atoms with Crippen molar-refractivity contribution in [3.63, 3.8) is 0 Å². The molecular formula is C8H15N3O. The fourth-order valence-corrected chi connectivity index (χ4v) is 0.331. The monoisotopic (exact) mass is 169 g/mol. The maximum Gasteiger partial charge on any atom is 0.220 e. The Hall–Kier alpha value is -1.32. The van der Waals surface area contributed by atoms with Crippen LogP contribution in [0.15, 0.2) is 12.4 Å². The first kappa shape index (κ1) is 10.7. The highest BCUT2D eigenvalue weighted by molar-refractivity contribution is 5.19. The van der Waals surface area contributed by atoms with Gasteiger partial charge in [0.15, 0.2) is 5.75 Å². The summed E-state index contributed by atoms with van der Waals surface area (Å²) < 4.78 is 0. The molecule has 0 aliphatic carbocycles. The summed E-state index contributed by atoms with van der Waals surface area (Å²) in [5, 5.41) is 8.58. The zero-order chi connectivity index (χ0) is 9.56. The van der Waals surface area contributed by atoms with Crippen molar-refractivity contribution < 1.29 is 5.11 Å². The molecule has 0 radical (unpaired) electrons. The van der Waals surface area contributed by atoms with E-state index in [1.54, 1.807) is 0 Å². The van der Waals surface area contributed by atoms with Crippen molar-refractivity contribution in [1.82, 2.24) is 9.97 Å². The SMILES string of the molecule is CC(C)C.Nc1ncc(O)cn1. The maximum absolute atomic E-state index is 8.58. The van der Waals surface area contributed by atoms with Crippen molar-refractivity contribution in [2.75, 3.05) is 5.73 Å². The lowest BCUT2D eigenvalue weighted by Gasteiger charge is -1.87. The highest BCUT2D eigenvalue weighted by Crippen LogP contribution is 2.01. The molecule has 0 aliphatic heterocycles. The van der Waals surface area contributed by atoms with Gasteiger partial charge in [0.1, 0.15) is 0 Å². The summed E-state index contributed by atoms with van der Waals surface area (Å²) in [5.74, 6) is 1.03. The molecule has 0 saturated carbocycles. The second-order valence-electron chi connectivity index (χ2n) is 3.03. The average molecular weight is 169 g/mol. The molecule has 1 heterocycles. The number of anilines is 1. The van der Waals surface area contributed by atoms with E-state index in [1.807, 2.05) is 0 Å². The molecule has 0 atom stereocenters. The molecule has 0 saturated heterocycles. The molecule has 0 aromatic carbocycles. The summed E-state index contributed by atoms with van der Waals surface area (Å²) in [6.07, 6.45) is 2.48. The second-order valence-corrected chi connectivity index (χ2v) is 3.03. The highest BCUT2D eigenvalue weighted by atomic mass is 16.3. The van der Waals surface area contributed by atoms with Gasteiger partial charge in [-0.15, -0.1) is 0 Å². The number of hydrogen-bond donors (Lipinski definition) is 2. The summed E-state index contributed by atoms with van der Waals surface area (Å²) in [5.41, 5.74) is 5.09. The Labute approximate surface area is 72.5 Å². The van der Waals surface area contributed by atoms with Gasteiger partial charge in [0.05, 0.1) is 12.4 Å². The Morgan fingerprint density at radius 3 is 1.83 bits per heavy atom. The molecule has 68 valence electrons. The number of nitrogen functional groups attached to an aromatic ring is 1. The third-order valence-corrected chi connectivity index (χ3v) is 0.658. The first-order valence-corrected chi connectivity index (χ1v) is 3.79. The Balaban J connectivity index is 0.000000261. The van der Waals surface area contributed by atoms with Crippen LogP contribution in [0.5, 0.6) is 5.75 Å². The fourth-order valence-electron chi connectivity index (χ4n) is 0.331. The minimum Gasteiger partial charge on any atom is -0.505 e. The van der Waals surface area contributed by atoms with Gasteiger partial charge in [-0.25, -0.2) is 9.97 Å². The Bertz CT molecular complexity index is 184. The lowest BCUT2D eigenvalue weighted by Crippen LogP contribution is -1.91. The molecule has 4 heteroatoms. The Morgan fingerprint density at radius 2 is 1.58 bits per heavy atom. The molecule has 4 nitrogen and oxygen atoms in total. The molecule has 3 N–H and O–H groups in total. The number of hydrogen-bond acceptors (Lipinski definition) is 4. The Morgan fingerprint density at radius 1 is 1.25 bits per heavy atom. The zero-order valence-corrected chi connectivity index (χ0v) is 7.65. The summed E-state index contributed by atoms with van der Waals surface area (Å²) in [6.45, 7) is 6.50. The third-order valence-electron chi connectivity index (χ3n) is 0.658. The molecule has 0 aliphatic rings. The number of aromatic nitrogens is 2. The van der Waals surface area contributed by atoms with E-state index in [1.165, 1.54) is 12.4 Å². The summed E-state index contributed by atoms with van der Waals surface area (Å²) >= 11 is 0. The van der Waals surface area contributed by atoms with E-state index >= 15 is 0 Å². The van der Waals surface area contributed by atoms with Crippen LogP contribution in [0, 0.1) is 5.92 Å². The second kappa shape index (κ2) is 5.35. The van der Waals surface area contributed by atoms with Gasteiger partial charge in [-0.1, -0.05) is 20.8 Å². The van der Waals surface area contributed by atoms with Gasteiger partial charge in [0.2, 0.25) is 5.95 Å². The summed E-state index contributed by atoms with van der Waals surface area (Å²) in [7, 11) is 0. The van der Waals surface area contributed by atoms with Crippen LogP contribution >= 0.6 is 0 Å². The predicted octanol–water partition coefficient (Wildman–Crippen LogP) is 1.43. The van der Waals surface area contributed by atoms with Crippen LogP contribution in [0.2, 0.25) is 0 Å². The van der Waals surface area contributed by atoms with Crippen LogP contribution in [-0.2, 0) is 0 Å². The van der Waals surface area contributed by atoms with Crippen molar-refractivity contribution in [1.29, 1.82) is 0 Å². The largest absolute Gasteiger partial charge is 0.505 e. The van der Waals surface area contributed by atoms with E-state index in [9.17, 15) is 0 Å². The molecule has 12 heavy (non-hydrogen) atoms. The van der Waals surface area contributed by atoms with Gasteiger partial charge >= 0.3 is 0 Å². The standard InChI is InChI=1S/C4H5N3O.C4H10/c5-4-6-1-3(8)2-7-4;1-4(2)3/h1-2,8H,(H2,5,6,7);4H,1-3H3. The first-order valence-electron chi connectivity index (χ1n) is 3.79. The molecule has 1 aromatic rings. The van der Waals surface area contributed by atoms with E-state index in [0.29, 0.717) is 0 Å². The number of rotatable bonds is 0. The Kier molecular flexibility index (Phi) is 4.76. The normalized spacial score (nSPS) is 9.00. The van der Waals surface area contributed by atoms with Gasteiger partial charge in [-0.2, -0.15) is 0 Å². The molecule has 1 rings (SSSR count). The van der Waals surface area contributed by atoms with Crippen LogP contribution in [0.3, 0.4) is 0 Å². The molecule has 0 unspecified atom stereocenters. The molecule has 0 amide bonds. The number of aromatic hydroxyl groups is 1. The zero-order valence-electron chi connectivity index (χ0n) is 7.65. The van der Waals surface area contributed by atoms with E-state index in [4.69, 9.17) is 10.8 Å². The molecule has 0 fully saturated rings. The summed E-state index contributed by atoms with van der Waals surface area (Å²) in [6, 6.07) is 0. The highest BCUT2D eigenvalue weighted by Gasteiger charge is 1.85. The van der Waals surface area contributed by atoms with Gasteiger partial charge in [0.25, 0.3) is 0 Å². The minimum absolute atomic E-state index is 0.0270. The van der Waals surface area contributed by atoms with Gasteiger partial charge in [0, 0.05) is 0 Å². The van der Waals surface area contributed by atoms with Crippen LogP contribution in [0.25, 0.3) is 0 Å². The third kappa shape index (κ3) is 6.80. The van der Waals surface area contributed by atoms with E-state index in [2.05, 4.69) is 30.7 Å². The predicted molar refractivity (Wildman–Crippen MR) is 48.6 cm³/mol. The van der Waals surface area contributed by atoms with Crippen LogP contribution in [0.4, 0.5) is 5.95 Å². The average Bonchev–Trinajstić information content (AvgIpc) is 1.94. The molecule has 0 bridgehead atoms. The molecule has 0 spiro atoms. The van der Waals surface area contributed by atoms with Gasteiger partial charge < -0.3 is 10.8 Å². The fraction of sp³-hybridized carbons (Fsp3) is 0.500. The number of nitrogens with zero attached hydrogens (tertiary/aromatic N) is 2.